The summed E-state index contributed by atoms with van der Waals surface area (Å²) >= 11 is 0. The summed E-state index contributed by atoms with van der Waals surface area (Å²) in [4.78, 5) is 11.8. The average Bonchev–Trinajstić information content (AvgIpc) is 2.76. The number of halogens is 3. The van der Waals surface area contributed by atoms with Crippen LogP contribution in [0.15, 0.2) is 48.5 Å². The molecule has 0 aliphatic carbocycles. The first-order chi connectivity index (χ1) is 9.47. The van der Waals surface area contributed by atoms with Gasteiger partial charge in [0, 0.05) is 5.56 Å². The first-order valence-electron chi connectivity index (χ1n) is 6.04. The summed E-state index contributed by atoms with van der Waals surface area (Å²) in [5, 5.41) is 2.71. The van der Waals surface area contributed by atoms with Gasteiger partial charge in [-0.3, -0.25) is 4.79 Å². The number of rotatable bonds is 1. The molecule has 0 saturated heterocycles. The minimum absolute atomic E-state index is 0.0914. The van der Waals surface area contributed by atoms with Gasteiger partial charge in [0.15, 0.2) is 0 Å². The highest BCUT2D eigenvalue weighted by Crippen LogP contribution is 2.36. The number of fused-ring (bicyclic) bond motifs is 1. The van der Waals surface area contributed by atoms with Crippen LogP contribution in [0.5, 0.6) is 0 Å². The van der Waals surface area contributed by atoms with Crippen LogP contribution < -0.4 is 5.32 Å². The molecule has 0 aromatic heterocycles. The summed E-state index contributed by atoms with van der Waals surface area (Å²) < 4.78 is 38.0. The third-order valence-electron chi connectivity index (χ3n) is 3.34. The molecule has 2 aromatic rings. The largest absolute Gasteiger partial charge is 0.416 e. The molecule has 5 heteroatoms. The van der Waals surface area contributed by atoms with Gasteiger partial charge in [0.2, 0.25) is 0 Å². The molecular formula is C15H10F3NO. The number of hydrogen-bond donors (Lipinski definition) is 1. The quantitative estimate of drug-likeness (QED) is 0.848. The van der Waals surface area contributed by atoms with Crippen LogP contribution in [0.2, 0.25) is 0 Å². The Hall–Kier alpha value is -2.30. The van der Waals surface area contributed by atoms with Crippen LogP contribution in [0.1, 0.15) is 33.1 Å². The summed E-state index contributed by atoms with van der Waals surface area (Å²) in [7, 11) is 0. The zero-order valence-electron chi connectivity index (χ0n) is 10.2. The minimum Gasteiger partial charge on any atom is -0.341 e. The predicted molar refractivity (Wildman–Crippen MR) is 67.2 cm³/mol. The van der Waals surface area contributed by atoms with Gasteiger partial charge in [-0.15, -0.1) is 0 Å². The zero-order chi connectivity index (χ0) is 14.3. The van der Waals surface area contributed by atoms with Gasteiger partial charge in [0.05, 0.1) is 11.6 Å². The zero-order valence-corrected chi connectivity index (χ0v) is 10.2. The Bertz CT molecular complexity index is 665. The third-order valence-corrected chi connectivity index (χ3v) is 3.34. The van der Waals surface area contributed by atoms with Crippen LogP contribution in [0.25, 0.3) is 0 Å². The van der Waals surface area contributed by atoms with Gasteiger partial charge in [-0.05, 0) is 23.3 Å². The van der Waals surface area contributed by atoms with Crippen molar-refractivity contribution < 1.29 is 18.0 Å². The van der Waals surface area contributed by atoms with E-state index in [1.54, 1.807) is 0 Å². The number of nitrogens with one attached hydrogen (secondary N) is 1. The Kier molecular flexibility index (Phi) is 2.78. The number of benzene rings is 2. The lowest BCUT2D eigenvalue weighted by Crippen LogP contribution is -2.19. The minimum atomic E-state index is -4.44. The van der Waals surface area contributed by atoms with Crippen molar-refractivity contribution in [2.24, 2.45) is 0 Å². The molecule has 0 saturated carbocycles. The second kappa shape index (κ2) is 4.37. The molecule has 1 N–H and O–H groups in total. The van der Waals surface area contributed by atoms with Crippen LogP contribution in [0.4, 0.5) is 13.2 Å². The number of carbonyl (C=O) groups is 1. The molecule has 20 heavy (non-hydrogen) atoms. The van der Waals surface area contributed by atoms with E-state index < -0.39 is 17.6 Å². The summed E-state index contributed by atoms with van der Waals surface area (Å²) in [5.74, 6) is -0.472. The van der Waals surface area contributed by atoms with Gasteiger partial charge in [-0.2, -0.15) is 13.2 Å². The van der Waals surface area contributed by atoms with E-state index in [0.717, 1.165) is 17.7 Å². The van der Waals surface area contributed by atoms with E-state index in [4.69, 9.17) is 0 Å². The first kappa shape index (κ1) is 12.7. The van der Waals surface area contributed by atoms with E-state index in [1.165, 1.54) is 6.07 Å². The Morgan fingerprint density at radius 2 is 1.70 bits per heavy atom. The summed E-state index contributed by atoms with van der Waals surface area (Å²) in [6.07, 6.45) is -4.44. The molecule has 0 bridgehead atoms. The second-order valence-electron chi connectivity index (χ2n) is 4.62. The predicted octanol–water partition coefficient (Wildman–Crippen LogP) is 3.54. The van der Waals surface area contributed by atoms with Crippen LogP contribution >= 0.6 is 0 Å². The van der Waals surface area contributed by atoms with Crippen LogP contribution in [-0.2, 0) is 6.18 Å². The Morgan fingerprint density at radius 1 is 1.00 bits per heavy atom. The number of carbonyl (C=O) groups excluding carboxylic acids is 1. The number of hydrogen-bond acceptors (Lipinski definition) is 1. The summed E-state index contributed by atoms with van der Waals surface area (Å²) in [6, 6.07) is 12.0. The third kappa shape index (κ3) is 2.05. The van der Waals surface area contributed by atoms with E-state index in [2.05, 4.69) is 5.32 Å². The normalized spacial score (nSPS) is 17.8. The van der Waals surface area contributed by atoms with Crippen molar-refractivity contribution in [2.45, 2.75) is 12.2 Å². The molecule has 1 amide bonds. The van der Waals surface area contributed by atoms with Gasteiger partial charge in [-0.25, -0.2) is 0 Å². The molecule has 102 valence electrons. The molecule has 2 aromatic carbocycles. The Labute approximate surface area is 113 Å². The molecule has 1 atom stereocenters. The van der Waals surface area contributed by atoms with Gasteiger partial charge in [-0.1, -0.05) is 36.4 Å². The topological polar surface area (TPSA) is 29.1 Å². The lowest BCUT2D eigenvalue weighted by atomic mass is 9.97. The van der Waals surface area contributed by atoms with Crippen LogP contribution in [0.3, 0.4) is 0 Å². The highest BCUT2D eigenvalue weighted by atomic mass is 19.4. The van der Waals surface area contributed by atoms with Gasteiger partial charge in [0.1, 0.15) is 0 Å². The molecule has 2 nitrogen and oxygen atoms in total. The van der Waals surface area contributed by atoms with E-state index >= 15 is 0 Å². The maximum absolute atomic E-state index is 12.7. The van der Waals surface area contributed by atoms with Crippen molar-refractivity contribution in [1.29, 1.82) is 0 Å². The smallest absolute Gasteiger partial charge is 0.341 e. The molecule has 0 spiro atoms. The molecule has 1 heterocycles. The van der Waals surface area contributed by atoms with E-state index in [-0.39, 0.29) is 11.6 Å². The van der Waals surface area contributed by atoms with E-state index in [1.807, 2.05) is 30.3 Å². The maximum atomic E-state index is 12.7. The molecule has 1 aliphatic heterocycles. The summed E-state index contributed by atoms with van der Waals surface area (Å²) in [5.41, 5.74) is 0.711. The lowest BCUT2D eigenvalue weighted by molar-refractivity contribution is -0.137. The number of alkyl halides is 3. The van der Waals surface area contributed by atoms with Crippen molar-refractivity contribution in [3.8, 4) is 0 Å². The van der Waals surface area contributed by atoms with Crippen molar-refractivity contribution in [3.05, 3.63) is 70.8 Å². The van der Waals surface area contributed by atoms with Crippen LogP contribution in [0, 0.1) is 0 Å². The highest BCUT2D eigenvalue weighted by molar-refractivity contribution is 6.00. The Morgan fingerprint density at radius 3 is 2.35 bits per heavy atom. The van der Waals surface area contributed by atoms with Crippen molar-refractivity contribution in [2.75, 3.05) is 0 Å². The Balaban J connectivity index is 2.07. The monoisotopic (exact) mass is 277 g/mol. The highest BCUT2D eigenvalue weighted by Gasteiger charge is 2.35. The van der Waals surface area contributed by atoms with Crippen molar-refractivity contribution in [3.63, 3.8) is 0 Å². The fraction of sp³-hybridized carbons (Fsp3) is 0.133. The number of amides is 1. The van der Waals surface area contributed by atoms with Crippen LogP contribution in [-0.4, -0.2) is 5.91 Å². The molecular weight excluding hydrogens is 267 g/mol. The van der Waals surface area contributed by atoms with Crippen molar-refractivity contribution in [1.82, 2.24) is 5.32 Å². The van der Waals surface area contributed by atoms with Gasteiger partial charge >= 0.3 is 6.18 Å². The van der Waals surface area contributed by atoms with E-state index in [9.17, 15) is 18.0 Å². The molecule has 0 radical (unpaired) electrons. The SMILES string of the molecule is O=C1N[C@H](c2ccccc2)c2ccc(C(F)(F)F)cc21. The van der Waals surface area contributed by atoms with Gasteiger partial charge in [0.25, 0.3) is 5.91 Å². The standard InChI is InChI=1S/C15H10F3NO/c16-15(17,18)10-6-7-11-12(8-10)14(20)19-13(11)9-4-2-1-3-5-9/h1-8,13H,(H,19,20)/t13-/m1/s1. The molecule has 0 fully saturated rings. The molecule has 3 rings (SSSR count). The molecule has 0 unspecified atom stereocenters. The lowest BCUT2D eigenvalue weighted by Gasteiger charge is -2.12. The van der Waals surface area contributed by atoms with Gasteiger partial charge < -0.3 is 5.32 Å². The fourth-order valence-electron chi connectivity index (χ4n) is 2.38. The average molecular weight is 277 g/mol. The summed E-state index contributed by atoms with van der Waals surface area (Å²) in [6.45, 7) is 0. The first-order valence-corrected chi connectivity index (χ1v) is 6.04. The van der Waals surface area contributed by atoms with Crippen molar-refractivity contribution >= 4 is 5.91 Å². The maximum Gasteiger partial charge on any atom is 0.416 e. The van der Waals surface area contributed by atoms with E-state index in [0.29, 0.717) is 5.56 Å². The fourth-order valence-corrected chi connectivity index (χ4v) is 2.38. The molecule has 1 aliphatic rings. The second-order valence-corrected chi connectivity index (χ2v) is 4.62.